The molecule has 1 atom stereocenters. The van der Waals surface area contributed by atoms with Crippen molar-refractivity contribution in [2.75, 3.05) is 7.11 Å². The van der Waals surface area contributed by atoms with E-state index in [1.54, 1.807) is 7.11 Å². The minimum atomic E-state index is 0.322. The quantitative estimate of drug-likeness (QED) is 0.644. The molecule has 26 heavy (non-hydrogen) atoms. The minimum Gasteiger partial charge on any atom is -0.496 e. The van der Waals surface area contributed by atoms with E-state index >= 15 is 0 Å². The van der Waals surface area contributed by atoms with Gasteiger partial charge in [-0.2, -0.15) is 0 Å². The smallest absolute Gasteiger partial charge is 0.123 e. The molecule has 0 amide bonds. The van der Waals surface area contributed by atoms with Gasteiger partial charge in [-0.15, -0.1) is 0 Å². The van der Waals surface area contributed by atoms with Crippen LogP contribution in [-0.4, -0.2) is 19.3 Å². The summed E-state index contributed by atoms with van der Waals surface area (Å²) in [6, 6.07) is 19.7. The van der Waals surface area contributed by atoms with Gasteiger partial charge in [-0.1, -0.05) is 67.8 Å². The lowest BCUT2D eigenvalue weighted by Crippen LogP contribution is -2.48. The van der Waals surface area contributed by atoms with Crippen molar-refractivity contribution in [3.05, 3.63) is 65.7 Å². The molecule has 0 radical (unpaired) electrons. The van der Waals surface area contributed by atoms with Crippen molar-refractivity contribution in [3.8, 4) is 5.75 Å². The third-order valence-electron chi connectivity index (χ3n) is 5.34. The van der Waals surface area contributed by atoms with Gasteiger partial charge < -0.3 is 4.74 Å². The van der Waals surface area contributed by atoms with Gasteiger partial charge in [-0.3, -0.25) is 10.6 Å². The molecule has 0 unspecified atom stereocenters. The summed E-state index contributed by atoms with van der Waals surface area (Å²) < 4.78 is 5.50. The number of benzene rings is 2. The summed E-state index contributed by atoms with van der Waals surface area (Å²) in [5.74, 6) is 0.958. The maximum Gasteiger partial charge on any atom is 0.123 e. The van der Waals surface area contributed by atoms with E-state index in [-0.39, 0.29) is 0 Å². The molecule has 3 nitrogen and oxygen atoms in total. The summed E-state index contributed by atoms with van der Waals surface area (Å²) in [4.78, 5) is 0. The van der Waals surface area contributed by atoms with Crippen LogP contribution in [0.1, 0.15) is 49.7 Å². The number of nitrogens with one attached hydrogen (secondary N) is 2. The highest BCUT2D eigenvalue weighted by Gasteiger charge is 2.18. The van der Waals surface area contributed by atoms with Crippen molar-refractivity contribution in [2.24, 2.45) is 0 Å². The van der Waals surface area contributed by atoms with E-state index in [0.29, 0.717) is 12.2 Å². The second kappa shape index (κ2) is 10.3. The van der Waals surface area contributed by atoms with Crippen LogP contribution in [0.3, 0.4) is 0 Å². The molecule has 1 fully saturated rings. The van der Waals surface area contributed by atoms with Gasteiger partial charge >= 0.3 is 0 Å². The third-order valence-corrected chi connectivity index (χ3v) is 5.34. The van der Waals surface area contributed by atoms with Crippen LogP contribution < -0.4 is 15.4 Å². The fourth-order valence-corrected chi connectivity index (χ4v) is 3.84. The first-order valence-corrected chi connectivity index (χ1v) is 10.0. The fourth-order valence-electron chi connectivity index (χ4n) is 3.84. The zero-order valence-corrected chi connectivity index (χ0v) is 15.9. The second-order valence-corrected chi connectivity index (χ2v) is 7.27. The Balaban J connectivity index is 1.59. The van der Waals surface area contributed by atoms with E-state index in [4.69, 9.17) is 4.74 Å². The molecule has 0 heterocycles. The molecule has 2 aromatic rings. The van der Waals surface area contributed by atoms with E-state index in [1.807, 2.05) is 12.1 Å². The molecule has 2 aromatic carbocycles. The average molecular weight is 353 g/mol. The second-order valence-electron chi connectivity index (χ2n) is 7.27. The highest BCUT2D eigenvalue weighted by molar-refractivity contribution is 5.33. The van der Waals surface area contributed by atoms with Crippen LogP contribution in [0, 0.1) is 0 Å². The van der Waals surface area contributed by atoms with Gasteiger partial charge in [0.25, 0.3) is 0 Å². The molecule has 0 spiro atoms. The lowest BCUT2D eigenvalue weighted by Gasteiger charge is -2.29. The Bertz CT molecular complexity index is 638. The summed E-state index contributed by atoms with van der Waals surface area (Å²) in [5, 5.41) is 7.62. The standard InChI is InChI=1S/C23H32N2O/c1-26-22-15-9-8-12-20(22)18-24-23(25-21-13-6-3-7-14-21)17-16-19-10-4-2-5-11-19/h2,4-5,8-12,15,21,23-25H,3,6-7,13-14,16-18H2,1H3/t23-/m0/s1. The van der Waals surface area contributed by atoms with Crippen molar-refractivity contribution < 1.29 is 4.74 Å². The molecular formula is C23H32N2O. The number of hydrogen-bond acceptors (Lipinski definition) is 3. The van der Waals surface area contributed by atoms with Gasteiger partial charge in [-0.25, -0.2) is 0 Å². The number of hydrogen-bond donors (Lipinski definition) is 2. The summed E-state index contributed by atoms with van der Waals surface area (Å²) in [6.07, 6.45) is 9.21. The van der Waals surface area contributed by atoms with E-state index < -0.39 is 0 Å². The lowest BCUT2D eigenvalue weighted by atomic mass is 9.95. The normalized spacial score (nSPS) is 16.3. The zero-order chi connectivity index (χ0) is 18.0. The Labute approximate surface area is 158 Å². The molecule has 140 valence electrons. The summed E-state index contributed by atoms with van der Waals surface area (Å²) in [5.41, 5.74) is 2.62. The van der Waals surface area contributed by atoms with E-state index in [9.17, 15) is 0 Å². The van der Waals surface area contributed by atoms with Crippen molar-refractivity contribution in [3.63, 3.8) is 0 Å². The first kappa shape index (κ1) is 18.9. The van der Waals surface area contributed by atoms with Gasteiger partial charge in [0.2, 0.25) is 0 Å². The van der Waals surface area contributed by atoms with Crippen LogP contribution in [-0.2, 0) is 13.0 Å². The Morgan fingerprint density at radius 3 is 2.46 bits per heavy atom. The highest BCUT2D eigenvalue weighted by atomic mass is 16.5. The van der Waals surface area contributed by atoms with Crippen LogP contribution in [0.5, 0.6) is 5.75 Å². The fraction of sp³-hybridized carbons (Fsp3) is 0.478. The van der Waals surface area contributed by atoms with Crippen LogP contribution in [0.4, 0.5) is 0 Å². The Hall–Kier alpha value is -1.84. The number of para-hydroxylation sites is 1. The van der Waals surface area contributed by atoms with Crippen molar-refractivity contribution in [1.29, 1.82) is 0 Å². The topological polar surface area (TPSA) is 33.3 Å². The molecule has 1 aliphatic carbocycles. The molecule has 0 aromatic heterocycles. The predicted molar refractivity (Wildman–Crippen MR) is 108 cm³/mol. The van der Waals surface area contributed by atoms with Crippen molar-refractivity contribution >= 4 is 0 Å². The van der Waals surface area contributed by atoms with E-state index in [1.165, 1.54) is 43.2 Å². The molecule has 3 heteroatoms. The highest BCUT2D eigenvalue weighted by Crippen LogP contribution is 2.20. The monoisotopic (exact) mass is 352 g/mol. The van der Waals surface area contributed by atoms with E-state index in [0.717, 1.165) is 25.1 Å². The molecule has 1 aliphatic rings. The summed E-state index contributed by atoms with van der Waals surface area (Å²) >= 11 is 0. The molecule has 2 N–H and O–H groups in total. The minimum absolute atomic E-state index is 0.322. The SMILES string of the molecule is COc1ccccc1CN[C@H](CCc1ccccc1)NC1CCCCC1. The van der Waals surface area contributed by atoms with Crippen LogP contribution in [0.15, 0.2) is 54.6 Å². The lowest BCUT2D eigenvalue weighted by molar-refractivity contribution is 0.295. The molecule has 1 saturated carbocycles. The zero-order valence-electron chi connectivity index (χ0n) is 15.9. The largest absolute Gasteiger partial charge is 0.496 e. The maximum absolute atomic E-state index is 5.50. The van der Waals surface area contributed by atoms with Gasteiger partial charge in [-0.05, 0) is 37.3 Å². The third kappa shape index (κ3) is 5.86. The van der Waals surface area contributed by atoms with Crippen molar-refractivity contribution in [2.45, 2.75) is 63.7 Å². The first-order valence-electron chi connectivity index (χ1n) is 10.0. The summed E-state index contributed by atoms with van der Waals surface area (Å²) in [6.45, 7) is 0.823. The molecule has 0 bridgehead atoms. The Morgan fingerprint density at radius 1 is 0.962 bits per heavy atom. The first-order chi connectivity index (χ1) is 12.8. The van der Waals surface area contributed by atoms with Crippen LogP contribution in [0.2, 0.25) is 0 Å². The molecular weight excluding hydrogens is 320 g/mol. The summed E-state index contributed by atoms with van der Waals surface area (Å²) in [7, 11) is 1.74. The van der Waals surface area contributed by atoms with Crippen molar-refractivity contribution in [1.82, 2.24) is 10.6 Å². The van der Waals surface area contributed by atoms with Gasteiger partial charge in [0, 0.05) is 18.2 Å². The number of rotatable bonds is 9. The van der Waals surface area contributed by atoms with Crippen LogP contribution >= 0.6 is 0 Å². The maximum atomic E-state index is 5.50. The molecule has 0 aliphatic heterocycles. The number of aryl methyl sites for hydroxylation is 1. The van der Waals surface area contributed by atoms with Gasteiger partial charge in [0.1, 0.15) is 5.75 Å². The van der Waals surface area contributed by atoms with E-state index in [2.05, 4.69) is 53.1 Å². The van der Waals surface area contributed by atoms with Crippen LogP contribution in [0.25, 0.3) is 0 Å². The molecule has 0 saturated heterocycles. The number of methoxy groups -OCH3 is 1. The Kier molecular flexibility index (Phi) is 7.53. The predicted octanol–water partition coefficient (Wildman–Crippen LogP) is 4.67. The average Bonchev–Trinajstić information content (AvgIpc) is 2.71. The molecule has 3 rings (SSSR count). The van der Waals surface area contributed by atoms with Gasteiger partial charge in [0.05, 0.1) is 13.3 Å². The van der Waals surface area contributed by atoms with Gasteiger partial charge in [0.15, 0.2) is 0 Å². The number of ether oxygens (including phenoxy) is 1. The Morgan fingerprint density at radius 2 is 1.69 bits per heavy atom.